The third-order valence-corrected chi connectivity index (χ3v) is 3.80. The van der Waals surface area contributed by atoms with Gasteiger partial charge >= 0.3 is 5.97 Å². The first-order chi connectivity index (χ1) is 11.8. The zero-order valence-electron chi connectivity index (χ0n) is 15.7. The van der Waals surface area contributed by atoms with Crippen LogP contribution in [-0.4, -0.2) is 46.3 Å². The van der Waals surface area contributed by atoms with Gasteiger partial charge in [-0.3, -0.25) is 14.3 Å². The van der Waals surface area contributed by atoms with E-state index in [1.807, 2.05) is 18.5 Å². The third-order valence-electron chi connectivity index (χ3n) is 3.80. The first-order valence-electron chi connectivity index (χ1n) is 8.48. The van der Waals surface area contributed by atoms with Crippen LogP contribution in [0.2, 0.25) is 0 Å². The SMILES string of the molecule is C=CCN(CC=C)C(=O)COC(=O)Cc1c(C)nn(CC(C)C)c1C. The largest absolute Gasteiger partial charge is 0.455 e. The zero-order chi connectivity index (χ0) is 19.0. The Morgan fingerprint density at radius 1 is 1.24 bits per heavy atom. The molecule has 0 aliphatic rings. The molecule has 0 saturated carbocycles. The van der Waals surface area contributed by atoms with Crippen molar-refractivity contribution in [2.24, 2.45) is 5.92 Å². The van der Waals surface area contributed by atoms with Crippen molar-refractivity contribution in [1.29, 1.82) is 0 Å². The van der Waals surface area contributed by atoms with E-state index in [0.717, 1.165) is 23.5 Å². The summed E-state index contributed by atoms with van der Waals surface area (Å²) in [7, 11) is 0. The Hall–Kier alpha value is -2.37. The summed E-state index contributed by atoms with van der Waals surface area (Å²) in [6.07, 6.45) is 3.37. The maximum atomic E-state index is 12.1. The van der Waals surface area contributed by atoms with Crippen LogP contribution in [0.1, 0.15) is 30.8 Å². The number of nitrogens with zero attached hydrogens (tertiary/aromatic N) is 3. The van der Waals surface area contributed by atoms with Gasteiger partial charge in [-0.25, -0.2) is 0 Å². The Morgan fingerprint density at radius 3 is 2.36 bits per heavy atom. The zero-order valence-corrected chi connectivity index (χ0v) is 15.7. The number of aryl methyl sites for hydroxylation is 1. The van der Waals surface area contributed by atoms with E-state index in [4.69, 9.17) is 4.74 Å². The maximum absolute atomic E-state index is 12.1. The first-order valence-corrected chi connectivity index (χ1v) is 8.48. The molecular weight excluding hydrogens is 318 g/mol. The van der Waals surface area contributed by atoms with Gasteiger partial charge in [0.1, 0.15) is 0 Å². The van der Waals surface area contributed by atoms with Gasteiger partial charge in [0.05, 0.1) is 12.1 Å². The second kappa shape index (κ2) is 9.81. The highest BCUT2D eigenvalue weighted by Gasteiger charge is 2.18. The number of ether oxygens (including phenoxy) is 1. The Bertz CT molecular complexity index is 622. The van der Waals surface area contributed by atoms with E-state index in [9.17, 15) is 9.59 Å². The van der Waals surface area contributed by atoms with Gasteiger partial charge in [0.25, 0.3) is 5.91 Å². The highest BCUT2D eigenvalue weighted by atomic mass is 16.5. The molecular formula is C19H29N3O3. The van der Waals surface area contributed by atoms with Crippen LogP contribution >= 0.6 is 0 Å². The Balaban J connectivity index is 2.65. The quantitative estimate of drug-likeness (QED) is 0.482. The summed E-state index contributed by atoms with van der Waals surface area (Å²) in [5, 5.41) is 4.49. The molecule has 0 fully saturated rings. The van der Waals surface area contributed by atoms with E-state index in [0.29, 0.717) is 19.0 Å². The molecule has 0 atom stereocenters. The molecule has 0 bridgehead atoms. The molecule has 6 nitrogen and oxygen atoms in total. The minimum Gasteiger partial charge on any atom is -0.455 e. The van der Waals surface area contributed by atoms with Gasteiger partial charge in [-0.15, -0.1) is 13.2 Å². The van der Waals surface area contributed by atoms with Crippen LogP contribution in [0.5, 0.6) is 0 Å². The number of aromatic nitrogens is 2. The fourth-order valence-corrected chi connectivity index (χ4v) is 2.53. The predicted octanol–water partition coefficient (Wildman–Crippen LogP) is 2.44. The number of rotatable bonds is 10. The van der Waals surface area contributed by atoms with Crippen molar-refractivity contribution in [3.05, 3.63) is 42.3 Å². The van der Waals surface area contributed by atoms with Gasteiger partial charge in [0.2, 0.25) is 0 Å². The van der Waals surface area contributed by atoms with Crippen molar-refractivity contribution in [1.82, 2.24) is 14.7 Å². The lowest BCUT2D eigenvalue weighted by Gasteiger charge is -2.18. The van der Waals surface area contributed by atoms with Gasteiger partial charge < -0.3 is 9.64 Å². The number of esters is 1. The van der Waals surface area contributed by atoms with Gasteiger partial charge in [0.15, 0.2) is 6.61 Å². The van der Waals surface area contributed by atoms with Crippen molar-refractivity contribution >= 4 is 11.9 Å². The van der Waals surface area contributed by atoms with Crippen LogP contribution in [0.15, 0.2) is 25.3 Å². The molecule has 1 aromatic rings. The van der Waals surface area contributed by atoms with Gasteiger partial charge in [0, 0.05) is 30.9 Å². The molecule has 0 radical (unpaired) electrons. The summed E-state index contributed by atoms with van der Waals surface area (Å²) in [5.74, 6) is -0.228. The second-order valence-corrected chi connectivity index (χ2v) is 6.44. The predicted molar refractivity (Wildman–Crippen MR) is 98.2 cm³/mol. The summed E-state index contributed by atoms with van der Waals surface area (Å²) in [6, 6.07) is 0. The summed E-state index contributed by atoms with van der Waals surface area (Å²) in [4.78, 5) is 25.7. The van der Waals surface area contributed by atoms with E-state index in [1.165, 1.54) is 4.90 Å². The number of carbonyl (C=O) groups is 2. The van der Waals surface area contributed by atoms with E-state index in [1.54, 1.807) is 12.2 Å². The van der Waals surface area contributed by atoms with Crippen molar-refractivity contribution < 1.29 is 14.3 Å². The Labute approximate surface area is 150 Å². The highest BCUT2D eigenvalue weighted by Crippen LogP contribution is 2.15. The number of hydrogen-bond acceptors (Lipinski definition) is 4. The van der Waals surface area contributed by atoms with Crippen molar-refractivity contribution in [2.75, 3.05) is 19.7 Å². The molecule has 0 aliphatic carbocycles. The molecule has 0 unspecified atom stereocenters. The van der Waals surface area contributed by atoms with Crippen molar-refractivity contribution in [3.63, 3.8) is 0 Å². The van der Waals surface area contributed by atoms with Crippen LogP contribution in [0, 0.1) is 19.8 Å². The van der Waals surface area contributed by atoms with Crippen molar-refractivity contribution in [2.45, 2.75) is 40.7 Å². The first kappa shape index (κ1) is 20.7. The van der Waals surface area contributed by atoms with Crippen LogP contribution in [0.3, 0.4) is 0 Å². The average Bonchev–Trinajstić information content (AvgIpc) is 2.79. The molecule has 1 amide bonds. The van der Waals surface area contributed by atoms with Crippen LogP contribution in [-0.2, 0) is 27.3 Å². The molecule has 1 heterocycles. The number of hydrogen-bond donors (Lipinski definition) is 0. The van der Waals surface area contributed by atoms with E-state index in [2.05, 4.69) is 32.1 Å². The van der Waals surface area contributed by atoms with Crippen molar-refractivity contribution in [3.8, 4) is 0 Å². The van der Waals surface area contributed by atoms with Crippen LogP contribution < -0.4 is 0 Å². The molecule has 1 aromatic heterocycles. The molecule has 1 rings (SSSR count). The average molecular weight is 347 g/mol. The lowest BCUT2D eigenvalue weighted by atomic mass is 10.1. The molecule has 25 heavy (non-hydrogen) atoms. The smallest absolute Gasteiger partial charge is 0.310 e. The number of amides is 1. The third kappa shape index (κ3) is 6.21. The lowest BCUT2D eigenvalue weighted by Crippen LogP contribution is -2.35. The molecule has 6 heteroatoms. The Morgan fingerprint density at radius 2 is 1.84 bits per heavy atom. The summed E-state index contributed by atoms with van der Waals surface area (Å²) in [5.41, 5.74) is 2.66. The van der Waals surface area contributed by atoms with Gasteiger partial charge in [-0.2, -0.15) is 5.10 Å². The molecule has 0 aromatic carbocycles. The topological polar surface area (TPSA) is 64.4 Å². The fraction of sp³-hybridized carbons (Fsp3) is 0.526. The minimum absolute atomic E-state index is 0.117. The molecule has 0 aliphatic heterocycles. The van der Waals surface area contributed by atoms with E-state index < -0.39 is 5.97 Å². The lowest BCUT2D eigenvalue weighted by molar-refractivity contribution is -0.151. The highest BCUT2D eigenvalue weighted by molar-refractivity contribution is 5.81. The summed E-state index contributed by atoms with van der Waals surface area (Å²) >= 11 is 0. The summed E-state index contributed by atoms with van der Waals surface area (Å²) < 4.78 is 7.07. The summed E-state index contributed by atoms with van der Waals surface area (Å²) in [6.45, 7) is 16.6. The van der Waals surface area contributed by atoms with Gasteiger partial charge in [-0.1, -0.05) is 26.0 Å². The van der Waals surface area contributed by atoms with E-state index >= 15 is 0 Å². The maximum Gasteiger partial charge on any atom is 0.310 e. The number of carbonyl (C=O) groups excluding carboxylic acids is 2. The second-order valence-electron chi connectivity index (χ2n) is 6.44. The standard InChI is InChI=1S/C19H29N3O3/c1-7-9-21(10-8-2)18(23)13-25-19(24)11-17-15(5)20-22(16(17)6)12-14(3)4/h7-8,14H,1-2,9-13H2,3-6H3. The van der Waals surface area contributed by atoms with E-state index in [-0.39, 0.29) is 18.9 Å². The van der Waals surface area contributed by atoms with Crippen LogP contribution in [0.25, 0.3) is 0 Å². The van der Waals surface area contributed by atoms with Gasteiger partial charge in [-0.05, 0) is 19.8 Å². The Kier molecular flexibility index (Phi) is 8.11. The monoisotopic (exact) mass is 347 g/mol. The fourth-order valence-electron chi connectivity index (χ4n) is 2.53. The molecule has 0 spiro atoms. The molecule has 0 saturated heterocycles. The molecule has 0 N–H and O–H groups in total. The van der Waals surface area contributed by atoms with Crippen LogP contribution in [0.4, 0.5) is 0 Å². The minimum atomic E-state index is -0.430. The normalized spacial score (nSPS) is 10.6. The molecule has 138 valence electrons.